The highest BCUT2D eigenvalue weighted by atomic mass is 16.5. The standard InChI is InChI=1S/C21H23N3O.C21H25N3O.C21H23N3O.CH4/c1-20(2)17-10-9-14-13-24(16-7-5-4-6-8-16)23-18(14)21(17,3)11-15-12-22-25-19(15)20;2*1-20(2)17-11-10-14-13-24(15-8-6-5-7-9-15)23-18(14)21(17,3)12-16(22-4)19(20)25;/h4-8,12-13,17H,9-11H2,1-3H3;5-9,13,16-17,19,25H,10-12H2,1-3H3;5-9,13,16-17H,10-12H2,1-3H3;1H4/t17-,21-;16?,17-,19?,21-;16?,17-,21-;/m000./s1/i;;;1T. The average molecular weight is 1020 g/mol. The van der Waals surface area contributed by atoms with Gasteiger partial charge in [-0.25, -0.2) is 27.2 Å². The summed E-state index contributed by atoms with van der Waals surface area (Å²) in [4.78, 5) is 20.2. The maximum Gasteiger partial charge on any atom is 0.282 e. The lowest BCUT2D eigenvalue weighted by Gasteiger charge is -2.54. The van der Waals surface area contributed by atoms with Gasteiger partial charge in [0.1, 0.15) is 11.9 Å². The number of rotatable bonds is 3. The molecule has 2 saturated carbocycles. The molecule has 3 aromatic carbocycles. The minimum absolute atomic E-state index is 0.0208. The van der Waals surface area contributed by atoms with Crippen LogP contribution in [-0.4, -0.2) is 63.6 Å². The zero-order valence-electron chi connectivity index (χ0n) is 47.1. The van der Waals surface area contributed by atoms with E-state index in [4.69, 9.17) is 34.3 Å². The Morgan fingerprint density at radius 3 is 1.46 bits per heavy atom. The van der Waals surface area contributed by atoms with Gasteiger partial charge in [0.25, 0.3) is 12.1 Å². The molecule has 12 heteroatoms. The van der Waals surface area contributed by atoms with Gasteiger partial charge in [0, 0.05) is 70.9 Å². The van der Waals surface area contributed by atoms with Gasteiger partial charge >= 0.3 is 0 Å². The second kappa shape index (κ2) is 19.0. The molecule has 6 aliphatic rings. The molecule has 7 aromatic rings. The van der Waals surface area contributed by atoms with Crippen molar-refractivity contribution in [1.82, 2.24) is 34.5 Å². The first kappa shape index (κ1) is 51.2. The lowest BCUT2D eigenvalue weighted by atomic mass is 9.49. The molecule has 0 amide bonds. The number of carbonyl (C=O) groups excluding carboxylic acids is 1. The van der Waals surface area contributed by atoms with Crippen LogP contribution in [0.3, 0.4) is 0 Å². The van der Waals surface area contributed by atoms with Crippen LogP contribution in [0.2, 0.25) is 0 Å². The lowest BCUT2D eigenvalue weighted by Crippen LogP contribution is -2.58. The summed E-state index contributed by atoms with van der Waals surface area (Å²) >= 11 is 0. The number of ketones is 1. The van der Waals surface area contributed by atoms with E-state index >= 15 is 0 Å². The molecule has 12 nitrogen and oxygen atoms in total. The van der Waals surface area contributed by atoms with Gasteiger partial charge in [0.2, 0.25) is 5.78 Å². The summed E-state index contributed by atoms with van der Waals surface area (Å²) in [6.07, 6.45) is 16.3. The molecule has 0 spiro atoms. The molecule has 4 aromatic heterocycles. The molecular weight excluding hydrogens is 943 g/mol. The highest BCUT2D eigenvalue weighted by Gasteiger charge is 2.62. The summed E-state index contributed by atoms with van der Waals surface area (Å²) in [5.41, 5.74) is 10.7. The summed E-state index contributed by atoms with van der Waals surface area (Å²) in [5, 5.41) is 29.8. The van der Waals surface area contributed by atoms with Crippen LogP contribution in [0.25, 0.3) is 26.8 Å². The summed E-state index contributed by atoms with van der Waals surface area (Å²) in [6, 6.07) is 29.8. The second-order valence-corrected chi connectivity index (χ2v) is 25.1. The molecule has 76 heavy (non-hydrogen) atoms. The number of Topliss-reactive ketones (excluding diaryl/α,β-unsaturated/α-hetero) is 1. The van der Waals surface area contributed by atoms with Crippen LogP contribution in [0.15, 0.2) is 120 Å². The number of benzene rings is 3. The number of aryl methyl sites for hydroxylation is 3. The molecule has 2 fully saturated rings. The van der Waals surface area contributed by atoms with E-state index in [1.165, 1.54) is 35.4 Å². The van der Waals surface area contributed by atoms with E-state index in [-0.39, 0.29) is 44.8 Å². The Kier molecular flexibility index (Phi) is 12.8. The monoisotopic (exact) mass is 1020 g/mol. The van der Waals surface area contributed by atoms with Gasteiger partial charge in [-0.05, 0) is 116 Å². The number of carbonyl (C=O) groups is 1. The maximum absolute atomic E-state index is 12.8. The first-order valence-electron chi connectivity index (χ1n) is 28.1. The molecule has 0 radical (unpaired) electrons. The summed E-state index contributed by atoms with van der Waals surface area (Å²) < 4.78 is 17.4. The van der Waals surface area contributed by atoms with Crippen molar-refractivity contribution in [2.75, 3.05) is 0 Å². The maximum atomic E-state index is 12.8. The second-order valence-electron chi connectivity index (χ2n) is 25.1. The first-order chi connectivity index (χ1) is 36.7. The number of fused-ring (bicyclic) bond motifs is 10. The van der Waals surface area contributed by atoms with E-state index in [0.717, 1.165) is 79.2 Å². The van der Waals surface area contributed by atoms with E-state index < -0.39 is 17.6 Å². The Morgan fingerprint density at radius 2 is 1.01 bits per heavy atom. The Balaban J connectivity index is 0.000000129. The number of hydrogen-bond acceptors (Lipinski definition) is 7. The normalized spacial score (nSPS) is 29.7. The first-order valence-corrected chi connectivity index (χ1v) is 27.1. The lowest BCUT2D eigenvalue weighted by molar-refractivity contribution is -0.137. The van der Waals surface area contributed by atoms with Crippen LogP contribution < -0.4 is 0 Å². The number of para-hydroxylation sites is 3. The van der Waals surface area contributed by atoms with Gasteiger partial charge in [-0.1, -0.05) is 129 Å². The van der Waals surface area contributed by atoms with Crippen LogP contribution in [0, 0.1) is 41.7 Å². The number of nitrogens with zero attached hydrogens (tertiary/aromatic N) is 9. The topological polar surface area (TPSA) is 126 Å². The van der Waals surface area contributed by atoms with Gasteiger partial charge in [0.05, 0.1) is 40.3 Å². The Bertz CT molecular complexity index is 3360. The van der Waals surface area contributed by atoms with Crippen molar-refractivity contribution in [3.63, 3.8) is 0 Å². The summed E-state index contributed by atoms with van der Waals surface area (Å²) in [6.45, 7) is 34.8. The van der Waals surface area contributed by atoms with Gasteiger partial charge in [-0.15, -0.1) is 0 Å². The number of aromatic nitrogens is 7. The minimum atomic E-state index is -0.569. The molecule has 394 valence electrons. The molecule has 4 heterocycles. The quantitative estimate of drug-likeness (QED) is 0.175. The third kappa shape index (κ3) is 8.20. The van der Waals surface area contributed by atoms with Gasteiger partial charge < -0.3 is 19.3 Å². The highest BCUT2D eigenvalue weighted by molar-refractivity contribution is 5.92. The highest BCUT2D eigenvalue weighted by Crippen LogP contribution is 2.59. The van der Waals surface area contributed by atoms with Crippen LogP contribution in [0.4, 0.5) is 0 Å². The molecule has 13 rings (SSSR count). The predicted octanol–water partition coefficient (Wildman–Crippen LogP) is 12.6. The summed E-state index contributed by atoms with van der Waals surface area (Å²) in [5.74, 6) is 2.25. The predicted molar refractivity (Wildman–Crippen MR) is 297 cm³/mol. The number of aliphatic hydroxyl groups excluding tert-OH is 1. The van der Waals surface area contributed by atoms with Crippen LogP contribution in [0.5, 0.6) is 0 Å². The van der Waals surface area contributed by atoms with Crippen molar-refractivity contribution in [2.45, 2.75) is 167 Å². The molecule has 0 saturated heterocycles. The van der Waals surface area contributed by atoms with Crippen molar-refractivity contribution < 1.29 is 15.8 Å². The molecular formula is C64H75N9O3. The van der Waals surface area contributed by atoms with Crippen molar-refractivity contribution in [2.24, 2.45) is 28.6 Å². The van der Waals surface area contributed by atoms with E-state index in [9.17, 15) is 9.90 Å². The molecule has 0 bridgehead atoms. The fourth-order valence-electron chi connectivity index (χ4n) is 15.9. The molecule has 9 atom stereocenters. The smallest absolute Gasteiger partial charge is 0.282 e. The molecule has 0 aliphatic heterocycles. The van der Waals surface area contributed by atoms with E-state index in [0.29, 0.717) is 24.7 Å². The molecule has 1 N–H and O–H groups in total. The van der Waals surface area contributed by atoms with Gasteiger partial charge in [0.15, 0.2) is 0 Å². The molecule has 3 unspecified atom stereocenters. The van der Waals surface area contributed by atoms with Gasteiger partial charge in [-0.3, -0.25) is 4.79 Å². The van der Waals surface area contributed by atoms with Crippen LogP contribution in [0.1, 0.15) is 148 Å². The van der Waals surface area contributed by atoms with E-state index in [1.807, 2.05) is 71.9 Å². The zero-order valence-corrected chi connectivity index (χ0v) is 46.1. The fraction of sp³-hybridized carbons (Fsp3) is 0.484. The molecule has 6 aliphatic carbocycles. The summed E-state index contributed by atoms with van der Waals surface area (Å²) in [7, 11) is 1.25. The third-order valence-corrected chi connectivity index (χ3v) is 19.5. The average Bonchev–Trinajstić information content (AvgIpc) is 4.49. The number of aliphatic hydroxyl groups is 1. The van der Waals surface area contributed by atoms with E-state index in [1.54, 1.807) is 0 Å². The Morgan fingerprint density at radius 1 is 0.592 bits per heavy atom. The van der Waals surface area contributed by atoms with Crippen molar-refractivity contribution >= 4 is 5.78 Å². The van der Waals surface area contributed by atoms with Gasteiger partial charge in [-0.2, -0.15) is 15.3 Å². The Hall–Kier alpha value is -6.89. The Labute approximate surface area is 451 Å². The van der Waals surface area contributed by atoms with Crippen molar-refractivity contribution in [3.05, 3.63) is 184 Å². The van der Waals surface area contributed by atoms with Crippen LogP contribution in [-0.2, 0) is 52.1 Å². The zero-order chi connectivity index (χ0) is 54.9. The van der Waals surface area contributed by atoms with Crippen molar-refractivity contribution in [1.29, 1.82) is 0 Å². The SMILES string of the molecule is CC1(C)c2oncc2C[C@]2(C)c3nn(-c4ccccc4)cc3CC[C@@H]12.[3H]C.[C-]#[N+]C1C[C@]2(C)c3nn(-c4ccccc4)cc3CC[C@H]2C(C)(C)C1=O.[C-]#[N+]C1C[C@]2(C)c3nn(-c4ccccc4)cc3CC[C@H]2C(C)(C)C1O. The van der Waals surface area contributed by atoms with Crippen molar-refractivity contribution in [3.8, 4) is 17.1 Å². The third-order valence-electron chi connectivity index (χ3n) is 19.5. The van der Waals surface area contributed by atoms with E-state index in [2.05, 4.69) is 135 Å². The largest absolute Gasteiger partial charge is 0.384 e. The minimum Gasteiger partial charge on any atom is -0.384 e. The fourth-order valence-corrected chi connectivity index (χ4v) is 15.9. The number of hydrogen-bond donors (Lipinski definition) is 1. The van der Waals surface area contributed by atoms with Crippen LogP contribution >= 0.6 is 0 Å².